The zero-order chi connectivity index (χ0) is 19.7. The largest absolute Gasteiger partial charge is 0.423 e. The third kappa shape index (κ3) is 3.81. The molecule has 1 aromatic heterocycles. The summed E-state index contributed by atoms with van der Waals surface area (Å²) in [5.41, 5.74) is 2.70. The maximum absolute atomic E-state index is 13.5. The van der Waals surface area contributed by atoms with E-state index in [0.717, 1.165) is 28.6 Å². The van der Waals surface area contributed by atoms with E-state index >= 15 is 0 Å². The summed E-state index contributed by atoms with van der Waals surface area (Å²) < 4.78 is 18.8. The van der Waals surface area contributed by atoms with Gasteiger partial charge in [-0.25, -0.2) is 4.79 Å². The number of nitrogens with one attached hydrogen (secondary N) is 1. The molecule has 0 saturated heterocycles. The molecule has 0 aliphatic carbocycles. The van der Waals surface area contributed by atoms with Gasteiger partial charge in [-0.15, -0.1) is 0 Å². The Kier molecular flexibility index (Phi) is 4.94. The van der Waals surface area contributed by atoms with Crippen LogP contribution in [0, 0.1) is 22.9 Å². The molecule has 7 heteroatoms. The van der Waals surface area contributed by atoms with Crippen LogP contribution in [0.5, 0.6) is 0 Å². The number of aryl methyl sites for hydroxylation is 1. The van der Waals surface area contributed by atoms with Gasteiger partial charge >= 0.3 is 11.3 Å². The predicted molar refractivity (Wildman–Crippen MR) is 102 cm³/mol. The summed E-state index contributed by atoms with van der Waals surface area (Å²) in [6.07, 6.45) is 0. The third-order valence-electron chi connectivity index (χ3n) is 4.46. The number of hydrogen-bond donors (Lipinski definition) is 1. The highest BCUT2D eigenvalue weighted by molar-refractivity contribution is 5.82. The molecule has 0 fully saturated rings. The van der Waals surface area contributed by atoms with E-state index in [4.69, 9.17) is 4.42 Å². The van der Waals surface area contributed by atoms with E-state index in [1.54, 1.807) is 0 Å². The molecule has 0 atom stereocenters. The number of nitro groups is 1. The molecule has 1 heterocycles. The number of hydrogen-bond acceptors (Lipinski definition) is 5. The van der Waals surface area contributed by atoms with Crippen molar-refractivity contribution in [3.05, 3.63) is 79.4 Å². The summed E-state index contributed by atoms with van der Waals surface area (Å²) in [4.78, 5) is 22.0. The summed E-state index contributed by atoms with van der Waals surface area (Å²) in [5, 5.41) is 14.7. The van der Waals surface area contributed by atoms with Crippen LogP contribution in [-0.4, -0.2) is 4.92 Å². The average molecular weight is 370 g/mol. The highest BCUT2D eigenvalue weighted by atomic mass is 19.1. The summed E-state index contributed by atoms with van der Waals surface area (Å²) >= 11 is 0. The maximum Gasteiger partial charge on any atom is 0.336 e. The van der Waals surface area contributed by atoms with Crippen LogP contribution in [0.2, 0.25) is 0 Å². The van der Waals surface area contributed by atoms with Gasteiger partial charge in [0.05, 0.1) is 4.92 Å². The van der Waals surface area contributed by atoms with Crippen LogP contribution < -0.4 is 10.9 Å². The number of anilines is 1. The second-order valence-electron chi connectivity index (χ2n) is 6.73. The lowest BCUT2D eigenvalue weighted by Gasteiger charge is -2.14. The fourth-order valence-corrected chi connectivity index (χ4v) is 3.12. The van der Waals surface area contributed by atoms with Gasteiger partial charge in [0.1, 0.15) is 5.58 Å². The molecule has 3 aromatic rings. The number of rotatable bonds is 5. The fraction of sp³-hybridized carbons (Fsp3) is 0.250. The molecule has 6 nitrogen and oxygen atoms in total. The van der Waals surface area contributed by atoms with E-state index in [1.165, 1.54) is 12.1 Å². The van der Waals surface area contributed by atoms with Crippen molar-refractivity contribution in [2.75, 3.05) is 5.32 Å². The Bertz CT molecular complexity index is 1090. The van der Waals surface area contributed by atoms with E-state index in [1.807, 2.05) is 19.1 Å². The van der Waals surface area contributed by atoms with Crippen molar-refractivity contribution in [3.8, 4) is 0 Å². The van der Waals surface area contributed by atoms with Crippen molar-refractivity contribution < 1.29 is 13.7 Å². The van der Waals surface area contributed by atoms with Crippen molar-refractivity contribution in [2.45, 2.75) is 33.2 Å². The SMILES string of the molecule is Cc1cc2oc(=O)cc(CNc3ccc(F)c([N+](=O)[O-])c3)c2cc1C(C)C. The third-order valence-corrected chi connectivity index (χ3v) is 4.46. The van der Waals surface area contributed by atoms with Crippen LogP contribution in [0.4, 0.5) is 15.8 Å². The highest BCUT2D eigenvalue weighted by Gasteiger charge is 2.15. The van der Waals surface area contributed by atoms with Gasteiger partial charge in [0.2, 0.25) is 5.82 Å². The summed E-state index contributed by atoms with van der Waals surface area (Å²) in [7, 11) is 0. The van der Waals surface area contributed by atoms with Gasteiger partial charge in [0.15, 0.2) is 0 Å². The van der Waals surface area contributed by atoms with Crippen molar-refractivity contribution >= 4 is 22.3 Å². The van der Waals surface area contributed by atoms with Gasteiger partial charge in [-0.1, -0.05) is 13.8 Å². The molecule has 0 spiro atoms. The Balaban J connectivity index is 1.99. The van der Waals surface area contributed by atoms with E-state index in [-0.39, 0.29) is 6.54 Å². The molecule has 0 unspecified atom stereocenters. The highest BCUT2D eigenvalue weighted by Crippen LogP contribution is 2.28. The van der Waals surface area contributed by atoms with Crippen molar-refractivity contribution in [2.24, 2.45) is 0 Å². The van der Waals surface area contributed by atoms with E-state index < -0.39 is 22.1 Å². The topological polar surface area (TPSA) is 85.4 Å². The average Bonchev–Trinajstić information content (AvgIpc) is 2.59. The van der Waals surface area contributed by atoms with Crippen molar-refractivity contribution in [1.82, 2.24) is 0 Å². The number of benzene rings is 2. The molecule has 0 amide bonds. The molecule has 27 heavy (non-hydrogen) atoms. The molecule has 2 aromatic carbocycles. The minimum Gasteiger partial charge on any atom is -0.423 e. The molecule has 0 aliphatic rings. The first-order valence-corrected chi connectivity index (χ1v) is 8.51. The second kappa shape index (κ2) is 7.19. The zero-order valence-electron chi connectivity index (χ0n) is 15.2. The molecule has 0 bridgehead atoms. The monoisotopic (exact) mass is 370 g/mol. The van der Waals surface area contributed by atoms with Crippen molar-refractivity contribution in [1.29, 1.82) is 0 Å². The van der Waals surface area contributed by atoms with Crippen LogP contribution >= 0.6 is 0 Å². The lowest BCUT2D eigenvalue weighted by atomic mass is 9.95. The van der Waals surface area contributed by atoms with Crippen LogP contribution in [0.1, 0.15) is 36.5 Å². The van der Waals surface area contributed by atoms with Gasteiger partial charge < -0.3 is 9.73 Å². The molecule has 0 aliphatic heterocycles. The van der Waals surface area contributed by atoms with Crippen LogP contribution in [0.25, 0.3) is 11.0 Å². The van der Waals surface area contributed by atoms with E-state index in [2.05, 4.69) is 19.2 Å². The Morgan fingerprint density at radius 1 is 1.22 bits per heavy atom. The maximum atomic E-state index is 13.5. The van der Waals surface area contributed by atoms with Crippen LogP contribution in [-0.2, 0) is 6.54 Å². The smallest absolute Gasteiger partial charge is 0.336 e. The molecular formula is C20H19FN2O4. The minimum absolute atomic E-state index is 0.242. The first-order valence-electron chi connectivity index (χ1n) is 8.51. The minimum atomic E-state index is -0.895. The van der Waals surface area contributed by atoms with Gasteiger partial charge in [0.25, 0.3) is 0 Å². The molecule has 3 rings (SSSR count). The first kappa shape index (κ1) is 18.6. The Morgan fingerprint density at radius 3 is 2.63 bits per heavy atom. The standard InChI is InChI=1S/C20H19FN2O4/c1-11(2)15-9-16-13(7-20(24)27-19(16)6-12(15)3)10-22-14-4-5-17(21)18(8-14)23(25)26/h4-9,11,22H,10H2,1-3H3. The second-order valence-corrected chi connectivity index (χ2v) is 6.73. The number of fused-ring (bicyclic) bond motifs is 1. The van der Waals surface area contributed by atoms with Gasteiger partial charge in [0, 0.05) is 29.8 Å². The number of nitrogens with zero attached hydrogens (tertiary/aromatic N) is 1. The Morgan fingerprint density at radius 2 is 1.96 bits per heavy atom. The van der Waals surface area contributed by atoms with Gasteiger partial charge in [-0.05, 0) is 53.8 Å². The van der Waals surface area contributed by atoms with E-state index in [0.29, 0.717) is 22.8 Å². The quantitative estimate of drug-likeness (QED) is 0.393. The van der Waals surface area contributed by atoms with Crippen LogP contribution in [0.15, 0.2) is 45.6 Å². The first-order chi connectivity index (χ1) is 12.8. The molecule has 0 radical (unpaired) electrons. The summed E-state index contributed by atoms with van der Waals surface area (Å²) in [6.45, 7) is 6.38. The zero-order valence-corrected chi connectivity index (χ0v) is 15.2. The predicted octanol–water partition coefficient (Wildman–Crippen LogP) is 4.88. The number of halogens is 1. The number of nitro benzene ring substituents is 1. The molecule has 140 valence electrons. The molecule has 1 N–H and O–H groups in total. The van der Waals surface area contributed by atoms with Crippen LogP contribution in [0.3, 0.4) is 0 Å². The lowest BCUT2D eigenvalue weighted by molar-refractivity contribution is -0.387. The fourth-order valence-electron chi connectivity index (χ4n) is 3.12. The summed E-state index contributed by atoms with van der Waals surface area (Å²) in [5.74, 6) is -0.588. The Hall–Kier alpha value is -3.22. The molecule has 0 saturated carbocycles. The van der Waals surface area contributed by atoms with Gasteiger partial charge in [-0.2, -0.15) is 4.39 Å². The normalized spacial score (nSPS) is 11.1. The summed E-state index contributed by atoms with van der Waals surface area (Å²) in [6, 6.07) is 8.83. The Labute approximate surface area is 154 Å². The lowest BCUT2D eigenvalue weighted by Crippen LogP contribution is -2.07. The van der Waals surface area contributed by atoms with Crippen molar-refractivity contribution in [3.63, 3.8) is 0 Å². The molecular weight excluding hydrogens is 351 g/mol. The van der Waals surface area contributed by atoms with E-state index in [9.17, 15) is 19.3 Å². The van der Waals surface area contributed by atoms with Gasteiger partial charge in [-0.3, -0.25) is 10.1 Å².